The molecule has 1 N–H and O–H groups in total. The molecule has 0 saturated heterocycles. The number of amides is 1. The molecule has 1 amide bonds. The van der Waals surface area contributed by atoms with E-state index in [0.717, 1.165) is 0 Å². The highest BCUT2D eigenvalue weighted by atomic mass is 35.5. The Morgan fingerprint density at radius 3 is 2.71 bits per heavy atom. The molecular weight excluding hydrogens is 293 g/mol. The van der Waals surface area contributed by atoms with E-state index >= 15 is 0 Å². The monoisotopic (exact) mass is 307 g/mol. The number of pyridine rings is 1. The second-order valence-electron chi connectivity index (χ2n) is 4.51. The minimum Gasteiger partial charge on any atom is -0.342 e. The van der Waals surface area contributed by atoms with Crippen LogP contribution in [-0.2, 0) is 0 Å². The largest absolute Gasteiger partial charge is 0.342 e. The van der Waals surface area contributed by atoms with Crippen LogP contribution in [0.2, 0.25) is 5.02 Å². The summed E-state index contributed by atoms with van der Waals surface area (Å²) in [7, 11) is 1.73. The quantitative estimate of drug-likeness (QED) is 0.936. The molecule has 0 bridgehead atoms. The van der Waals surface area contributed by atoms with Crippen molar-refractivity contribution < 1.29 is 9.18 Å². The van der Waals surface area contributed by atoms with Gasteiger partial charge in [-0.3, -0.25) is 4.79 Å². The van der Waals surface area contributed by atoms with E-state index in [4.69, 9.17) is 11.6 Å². The lowest BCUT2D eigenvalue weighted by Gasteiger charge is -2.14. The molecular formula is C15H15ClFN3O. The summed E-state index contributed by atoms with van der Waals surface area (Å²) in [5, 5.41) is 3.03. The van der Waals surface area contributed by atoms with Gasteiger partial charge in [-0.05, 0) is 37.3 Å². The van der Waals surface area contributed by atoms with Crippen LogP contribution in [0.5, 0.6) is 0 Å². The number of anilines is 2. The van der Waals surface area contributed by atoms with Crippen LogP contribution in [0.3, 0.4) is 0 Å². The molecule has 1 aromatic carbocycles. The van der Waals surface area contributed by atoms with Crippen LogP contribution in [-0.4, -0.2) is 29.4 Å². The molecule has 4 nitrogen and oxygen atoms in total. The van der Waals surface area contributed by atoms with Crippen molar-refractivity contribution in [2.75, 3.05) is 18.9 Å². The molecule has 0 saturated carbocycles. The zero-order valence-corrected chi connectivity index (χ0v) is 12.5. The Labute approximate surface area is 127 Å². The maximum absolute atomic E-state index is 13.1. The third kappa shape index (κ3) is 3.70. The summed E-state index contributed by atoms with van der Waals surface area (Å²) in [4.78, 5) is 17.7. The normalized spacial score (nSPS) is 10.3. The van der Waals surface area contributed by atoms with Gasteiger partial charge in [0, 0.05) is 25.5 Å². The smallest absolute Gasteiger partial charge is 0.255 e. The van der Waals surface area contributed by atoms with E-state index in [2.05, 4.69) is 10.3 Å². The summed E-state index contributed by atoms with van der Waals surface area (Å²) < 4.78 is 13.1. The number of carbonyl (C=O) groups is 1. The number of benzene rings is 1. The number of aromatic nitrogens is 1. The summed E-state index contributed by atoms with van der Waals surface area (Å²) in [5.74, 6) is -0.00604. The van der Waals surface area contributed by atoms with Crippen molar-refractivity contribution in [3.63, 3.8) is 0 Å². The second kappa shape index (κ2) is 6.54. The Morgan fingerprint density at radius 2 is 2.14 bits per heavy atom. The molecule has 21 heavy (non-hydrogen) atoms. The Morgan fingerprint density at radius 1 is 1.38 bits per heavy atom. The van der Waals surface area contributed by atoms with Gasteiger partial charge in [-0.25, -0.2) is 9.37 Å². The van der Waals surface area contributed by atoms with Gasteiger partial charge in [0.25, 0.3) is 5.91 Å². The summed E-state index contributed by atoms with van der Waals surface area (Å²) in [6.45, 7) is 2.53. The first kappa shape index (κ1) is 15.3. The highest BCUT2D eigenvalue weighted by Crippen LogP contribution is 2.22. The molecule has 0 spiro atoms. The fourth-order valence-corrected chi connectivity index (χ4v) is 1.86. The average Bonchev–Trinajstić information content (AvgIpc) is 2.50. The van der Waals surface area contributed by atoms with Crippen LogP contribution >= 0.6 is 11.6 Å². The Bertz CT molecular complexity index is 646. The molecule has 0 radical (unpaired) electrons. The maximum atomic E-state index is 13.1. The van der Waals surface area contributed by atoms with Gasteiger partial charge in [-0.2, -0.15) is 0 Å². The number of halogens is 2. The number of nitrogens with one attached hydrogen (secondary N) is 1. The zero-order valence-electron chi connectivity index (χ0n) is 11.7. The van der Waals surface area contributed by atoms with Crippen molar-refractivity contribution in [1.82, 2.24) is 9.88 Å². The molecule has 1 heterocycles. The van der Waals surface area contributed by atoms with Crippen molar-refractivity contribution in [3.8, 4) is 0 Å². The molecule has 0 aliphatic carbocycles. The van der Waals surface area contributed by atoms with Gasteiger partial charge in [0.05, 0.1) is 10.6 Å². The number of nitrogens with zero attached hydrogens (tertiary/aromatic N) is 2. The first-order chi connectivity index (χ1) is 10.0. The van der Waals surface area contributed by atoms with Gasteiger partial charge >= 0.3 is 0 Å². The molecule has 110 valence electrons. The summed E-state index contributed by atoms with van der Waals surface area (Å²) >= 11 is 5.71. The fourth-order valence-electron chi connectivity index (χ4n) is 1.68. The number of carbonyl (C=O) groups excluding carboxylic acids is 1. The first-order valence-electron chi connectivity index (χ1n) is 6.45. The topological polar surface area (TPSA) is 45.2 Å². The summed E-state index contributed by atoms with van der Waals surface area (Å²) in [6.07, 6.45) is 1.50. The van der Waals surface area contributed by atoms with E-state index in [0.29, 0.717) is 23.6 Å². The van der Waals surface area contributed by atoms with Crippen LogP contribution in [0.25, 0.3) is 0 Å². The second-order valence-corrected chi connectivity index (χ2v) is 4.91. The lowest BCUT2D eigenvalue weighted by molar-refractivity contribution is 0.0802. The Balaban J connectivity index is 2.12. The molecule has 0 atom stereocenters. The lowest BCUT2D eigenvalue weighted by Crippen LogP contribution is -2.26. The minimum absolute atomic E-state index is 0.0383. The fraction of sp³-hybridized carbons (Fsp3) is 0.200. The molecule has 0 aliphatic heterocycles. The van der Waals surface area contributed by atoms with E-state index in [-0.39, 0.29) is 10.9 Å². The minimum atomic E-state index is -0.473. The van der Waals surface area contributed by atoms with Gasteiger partial charge in [-0.15, -0.1) is 0 Å². The standard InChI is InChI=1S/C15H15ClFN3O/c1-3-20(2)15(21)10-4-7-14(18-9-10)19-11-5-6-13(17)12(16)8-11/h4-9H,3H2,1-2H3,(H,18,19). The van der Waals surface area contributed by atoms with Gasteiger partial charge in [0.1, 0.15) is 11.6 Å². The van der Waals surface area contributed by atoms with E-state index in [9.17, 15) is 9.18 Å². The average molecular weight is 308 g/mol. The molecule has 1 aromatic heterocycles. The number of rotatable bonds is 4. The highest BCUT2D eigenvalue weighted by Gasteiger charge is 2.10. The highest BCUT2D eigenvalue weighted by molar-refractivity contribution is 6.31. The SMILES string of the molecule is CCN(C)C(=O)c1ccc(Nc2ccc(F)c(Cl)c2)nc1. The molecule has 0 fully saturated rings. The molecule has 2 aromatic rings. The Hall–Kier alpha value is -2.14. The lowest BCUT2D eigenvalue weighted by atomic mass is 10.2. The van der Waals surface area contributed by atoms with E-state index in [1.54, 1.807) is 30.1 Å². The van der Waals surface area contributed by atoms with Gasteiger partial charge in [-0.1, -0.05) is 11.6 Å². The van der Waals surface area contributed by atoms with Crippen molar-refractivity contribution >= 4 is 29.0 Å². The predicted octanol–water partition coefficient (Wildman–Crippen LogP) is 3.71. The molecule has 2 rings (SSSR count). The zero-order chi connectivity index (χ0) is 15.4. The van der Waals surface area contributed by atoms with Crippen molar-refractivity contribution in [1.29, 1.82) is 0 Å². The summed E-state index contributed by atoms with van der Waals surface area (Å²) in [6, 6.07) is 7.69. The van der Waals surface area contributed by atoms with Crippen LogP contribution in [0.1, 0.15) is 17.3 Å². The van der Waals surface area contributed by atoms with E-state index in [1.165, 1.54) is 18.3 Å². The van der Waals surface area contributed by atoms with Gasteiger partial charge < -0.3 is 10.2 Å². The third-order valence-corrected chi connectivity index (χ3v) is 3.31. The van der Waals surface area contributed by atoms with Crippen molar-refractivity contribution in [3.05, 3.63) is 52.9 Å². The van der Waals surface area contributed by atoms with Crippen molar-refractivity contribution in [2.45, 2.75) is 6.92 Å². The maximum Gasteiger partial charge on any atom is 0.255 e. The van der Waals surface area contributed by atoms with E-state index < -0.39 is 5.82 Å². The molecule has 0 aliphatic rings. The van der Waals surface area contributed by atoms with Crippen LogP contribution in [0.15, 0.2) is 36.5 Å². The van der Waals surface area contributed by atoms with Gasteiger partial charge in [0.2, 0.25) is 0 Å². The summed E-state index contributed by atoms with van der Waals surface area (Å²) in [5.41, 5.74) is 1.14. The van der Waals surface area contributed by atoms with Crippen molar-refractivity contribution in [2.24, 2.45) is 0 Å². The van der Waals surface area contributed by atoms with Gasteiger partial charge in [0.15, 0.2) is 0 Å². The predicted molar refractivity (Wildman–Crippen MR) is 81.6 cm³/mol. The number of hydrogen-bond donors (Lipinski definition) is 1. The van der Waals surface area contributed by atoms with Crippen LogP contribution in [0.4, 0.5) is 15.9 Å². The van der Waals surface area contributed by atoms with Crippen LogP contribution < -0.4 is 5.32 Å². The molecule has 6 heteroatoms. The third-order valence-electron chi connectivity index (χ3n) is 3.02. The Kier molecular flexibility index (Phi) is 4.75. The molecule has 0 unspecified atom stereocenters. The van der Waals surface area contributed by atoms with E-state index in [1.807, 2.05) is 6.92 Å². The first-order valence-corrected chi connectivity index (χ1v) is 6.82. The number of hydrogen-bond acceptors (Lipinski definition) is 3. The van der Waals surface area contributed by atoms with Crippen LogP contribution in [0, 0.1) is 5.82 Å².